The summed E-state index contributed by atoms with van der Waals surface area (Å²) in [6.45, 7) is 3.58. The predicted octanol–water partition coefficient (Wildman–Crippen LogP) is 1.38. The average Bonchev–Trinajstić information content (AvgIpc) is 2.93. The van der Waals surface area contributed by atoms with E-state index in [9.17, 15) is 12.8 Å². The van der Waals surface area contributed by atoms with Crippen molar-refractivity contribution in [2.75, 3.05) is 31.1 Å². The molecule has 1 aromatic carbocycles. The molecular weight excluding hydrogens is 319 g/mol. The molecule has 0 aliphatic carbocycles. The minimum Gasteiger partial charge on any atom is -0.366 e. The van der Waals surface area contributed by atoms with Crippen molar-refractivity contribution in [1.29, 1.82) is 0 Å². The Bertz CT molecular complexity index is 790. The highest BCUT2D eigenvalue weighted by molar-refractivity contribution is 7.89. The fourth-order valence-corrected chi connectivity index (χ4v) is 4.30. The molecule has 0 spiro atoms. The molecule has 0 saturated carbocycles. The summed E-state index contributed by atoms with van der Waals surface area (Å²) in [5.74, 6) is -0.530. The van der Waals surface area contributed by atoms with Gasteiger partial charge < -0.3 is 4.90 Å². The van der Waals surface area contributed by atoms with Crippen LogP contribution < -0.4 is 4.90 Å². The van der Waals surface area contributed by atoms with Gasteiger partial charge in [0.05, 0.1) is 16.8 Å². The van der Waals surface area contributed by atoms with E-state index < -0.39 is 15.8 Å². The first-order valence-corrected chi connectivity index (χ1v) is 8.81. The number of anilines is 1. The van der Waals surface area contributed by atoms with E-state index in [2.05, 4.69) is 10.00 Å². The van der Waals surface area contributed by atoms with Crippen LogP contribution in [0.15, 0.2) is 35.5 Å². The summed E-state index contributed by atoms with van der Waals surface area (Å²) in [4.78, 5) is 2.11. The molecule has 0 atom stereocenters. The smallest absolute Gasteiger partial charge is 0.243 e. The first-order valence-electron chi connectivity index (χ1n) is 7.37. The molecule has 6 nitrogen and oxygen atoms in total. The lowest BCUT2D eigenvalue weighted by molar-refractivity contribution is 0.384. The van der Waals surface area contributed by atoms with Crippen LogP contribution in [0.1, 0.15) is 5.56 Å². The lowest BCUT2D eigenvalue weighted by atomic mass is 10.2. The number of benzene rings is 1. The third-order valence-electron chi connectivity index (χ3n) is 3.95. The van der Waals surface area contributed by atoms with Gasteiger partial charge in [-0.1, -0.05) is 0 Å². The van der Waals surface area contributed by atoms with Gasteiger partial charge in [0.2, 0.25) is 10.0 Å². The minimum atomic E-state index is -3.66. The third kappa shape index (κ3) is 3.23. The van der Waals surface area contributed by atoms with E-state index >= 15 is 0 Å². The minimum absolute atomic E-state index is 0.0184. The molecule has 0 N–H and O–H groups in total. The van der Waals surface area contributed by atoms with E-state index in [0.29, 0.717) is 31.7 Å². The first-order chi connectivity index (χ1) is 10.9. The van der Waals surface area contributed by atoms with Crippen LogP contribution in [0.2, 0.25) is 0 Å². The van der Waals surface area contributed by atoms with Crippen LogP contribution in [-0.4, -0.2) is 48.7 Å². The fourth-order valence-electron chi connectivity index (χ4n) is 2.76. The molecule has 0 amide bonds. The van der Waals surface area contributed by atoms with Crippen molar-refractivity contribution < 1.29 is 12.8 Å². The maximum atomic E-state index is 13.5. The summed E-state index contributed by atoms with van der Waals surface area (Å²) in [5.41, 5.74) is 1.57. The second-order valence-corrected chi connectivity index (χ2v) is 7.67. The molecule has 124 valence electrons. The fraction of sp³-hybridized carbons (Fsp3) is 0.400. The zero-order chi connectivity index (χ0) is 16.6. The van der Waals surface area contributed by atoms with Gasteiger partial charge in [-0.25, -0.2) is 12.8 Å². The molecule has 2 heterocycles. The largest absolute Gasteiger partial charge is 0.366 e. The number of halogens is 1. The van der Waals surface area contributed by atoms with Crippen molar-refractivity contribution in [1.82, 2.24) is 14.1 Å². The number of piperazine rings is 1. The number of aromatic nitrogens is 2. The monoisotopic (exact) mass is 338 g/mol. The summed E-state index contributed by atoms with van der Waals surface area (Å²) in [5, 5.41) is 4.13. The molecule has 1 aliphatic heterocycles. The van der Waals surface area contributed by atoms with Gasteiger partial charge in [-0.3, -0.25) is 4.68 Å². The quantitative estimate of drug-likeness (QED) is 0.848. The standard InChI is InChI=1S/C15H19FN4O2S/c1-12-7-13(16)9-15(8-12)23(21,22)20-5-3-19(4-6-20)14-10-17-18(2)11-14/h7-11H,3-6H2,1-2H3. The second kappa shape index (κ2) is 5.93. The van der Waals surface area contributed by atoms with Crippen LogP contribution in [0.4, 0.5) is 10.1 Å². The summed E-state index contributed by atoms with van der Waals surface area (Å²) in [6, 6.07) is 3.90. The third-order valence-corrected chi connectivity index (χ3v) is 5.82. The lowest BCUT2D eigenvalue weighted by Crippen LogP contribution is -2.48. The van der Waals surface area contributed by atoms with Gasteiger partial charge in [0.25, 0.3) is 0 Å². The highest BCUT2D eigenvalue weighted by atomic mass is 32.2. The number of rotatable bonds is 3. The topological polar surface area (TPSA) is 58.4 Å². The van der Waals surface area contributed by atoms with Crippen LogP contribution in [0.25, 0.3) is 0 Å². The summed E-state index contributed by atoms with van der Waals surface area (Å²) >= 11 is 0. The highest BCUT2D eigenvalue weighted by Crippen LogP contribution is 2.22. The van der Waals surface area contributed by atoms with Gasteiger partial charge in [-0.2, -0.15) is 9.40 Å². The van der Waals surface area contributed by atoms with Gasteiger partial charge in [-0.05, 0) is 30.7 Å². The molecule has 23 heavy (non-hydrogen) atoms. The van der Waals surface area contributed by atoms with Gasteiger partial charge in [0.1, 0.15) is 5.82 Å². The molecule has 1 aliphatic rings. The Morgan fingerprint density at radius 3 is 2.39 bits per heavy atom. The normalized spacial score (nSPS) is 16.7. The Labute approximate surface area is 135 Å². The SMILES string of the molecule is Cc1cc(F)cc(S(=O)(=O)N2CCN(c3cnn(C)c3)CC2)c1. The van der Waals surface area contributed by atoms with Crippen molar-refractivity contribution in [2.45, 2.75) is 11.8 Å². The van der Waals surface area contributed by atoms with E-state index in [-0.39, 0.29) is 4.90 Å². The molecule has 2 aromatic rings. The van der Waals surface area contributed by atoms with Crippen molar-refractivity contribution in [3.05, 3.63) is 42.0 Å². The van der Waals surface area contributed by atoms with Gasteiger partial charge in [-0.15, -0.1) is 0 Å². The zero-order valence-electron chi connectivity index (χ0n) is 13.1. The molecule has 1 saturated heterocycles. The number of sulfonamides is 1. The second-order valence-electron chi connectivity index (χ2n) is 5.73. The van der Waals surface area contributed by atoms with E-state index in [4.69, 9.17) is 0 Å². The van der Waals surface area contributed by atoms with Gasteiger partial charge in [0, 0.05) is 39.4 Å². The van der Waals surface area contributed by atoms with E-state index in [1.165, 1.54) is 16.4 Å². The van der Waals surface area contributed by atoms with Crippen LogP contribution >= 0.6 is 0 Å². The summed E-state index contributed by atoms with van der Waals surface area (Å²) in [6.07, 6.45) is 3.67. The molecule has 0 unspecified atom stereocenters. The number of hydrogen-bond donors (Lipinski definition) is 0. The molecule has 3 rings (SSSR count). The molecule has 1 fully saturated rings. The molecule has 8 heteroatoms. The number of hydrogen-bond acceptors (Lipinski definition) is 4. The van der Waals surface area contributed by atoms with Crippen molar-refractivity contribution in [3.8, 4) is 0 Å². The van der Waals surface area contributed by atoms with Crippen LogP contribution in [0, 0.1) is 12.7 Å². The Hall–Kier alpha value is -1.93. The summed E-state index contributed by atoms with van der Waals surface area (Å²) < 4.78 is 42.0. The maximum Gasteiger partial charge on any atom is 0.243 e. The predicted molar refractivity (Wildman–Crippen MR) is 85.3 cm³/mol. The zero-order valence-corrected chi connectivity index (χ0v) is 13.9. The Morgan fingerprint density at radius 1 is 1.13 bits per heavy atom. The lowest BCUT2D eigenvalue weighted by Gasteiger charge is -2.34. The van der Waals surface area contributed by atoms with Crippen LogP contribution in [-0.2, 0) is 17.1 Å². The van der Waals surface area contributed by atoms with Crippen molar-refractivity contribution in [3.63, 3.8) is 0 Å². The van der Waals surface area contributed by atoms with Gasteiger partial charge in [0.15, 0.2) is 0 Å². The Kier molecular flexibility index (Phi) is 4.11. The van der Waals surface area contributed by atoms with Crippen LogP contribution in [0.5, 0.6) is 0 Å². The Balaban J connectivity index is 1.76. The summed E-state index contributed by atoms with van der Waals surface area (Å²) in [7, 11) is -1.82. The maximum absolute atomic E-state index is 13.5. The molecule has 1 aromatic heterocycles. The van der Waals surface area contributed by atoms with Crippen molar-refractivity contribution >= 4 is 15.7 Å². The van der Waals surface area contributed by atoms with Crippen LogP contribution in [0.3, 0.4) is 0 Å². The molecule has 0 radical (unpaired) electrons. The van der Waals surface area contributed by atoms with E-state index in [0.717, 1.165) is 11.8 Å². The molecule has 0 bridgehead atoms. The van der Waals surface area contributed by atoms with Crippen molar-refractivity contribution in [2.24, 2.45) is 7.05 Å². The Morgan fingerprint density at radius 2 is 1.83 bits per heavy atom. The van der Waals surface area contributed by atoms with E-state index in [1.54, 1.807) is 17.8 Å². The number of nitrogens with zero attached hydrogens (tertiary/aromatic N) is 4. The van der Waals surface area contributed by atoms with Gasteiger partial charge >= 0.3 is 0 Å². The first kappa shape index (κ1) is 15.9. The molecular formula is C15H19FN4O2S. The van der Waals surface area contributed by atoms with E-state index in [1.807, 2.05) is 13.2 Å². The highest BCUT2D eigenvalue weighted by Gasteiger charge is 2.29. The average molecular weight is 338 g/mol. The number of aryl methyl sites for hydroxylation is 2.